The monoisotopic (exact) mass is 275 g/mol. The molecule has 0 aliphatic heterocycles. The van der Waals surface area contributed by atoms with E-state index in [0.29, 0.717) is 0 Å². The SMILES string of the molecule is CNC(CCC1CCCCC1)C(C)(C)S(C)(=O)=O. The Morgan fingerprint density at radius 2 is 1.78 bits per heavy atom. The summed E-state index contributed by atoms with van der Waals surface area (Å²) in [7, 11) is -1.16. The maximum Gasteiger partial charge on any atom is 0.154 e. The minimum absolute atomic E-state index is 0.0504. The summed E-state index contributed by atoms with van der Waals surface area (Å²) in [5, 5.41) is 3.21. The smallest absolute Gasteiger partial charge is 0.154 e. The number of nitrogens with one attached hydrogen (secondary N) is 1. The Balaban J connectivity index is 2.56. The first-order valence-electron chi connectivity index (χ1n) is 7.16. The second-order valence-electron chi connectivity index (χ2n) is 6.30. The first-order chi connectivity index (χ1) is 8.29. The summed E-state index contributed by atoms with van der Waals surface area (Å²) in [5.74, 6) is 0.810. The van der Waals surface area contributed by atoms with Gasteiger partial charge in [-0.1, -0.05) is 32.1 Å². The highest BCUT2D eigenvalue weighted by Gasteiger charge is 2.38. The third kappa shape index (κ3) is 3.95. The van der Waals surface area contributed by atoms with Gasteiger partial charge in [-0.05, 0) is 39.7 Å². The second kappa shape index (κ2) is 6.38. The molecule has 4 heteroatoms. The van der Waals surface area contributed by atoms with Crippen molar-refractivity contribution in [2.75, 3.05) is 13.3 Å². The van der Waals surface area contributed by atoms with E-state index in [9.17, 15) is 8.42 Å². The van der Waals surface area contributed by atoms with Crippen molar-refractivity contribution < 1.29 is 8.42 Å². The molecule has 0 amide bonds. The van der Waals surface area contributed by atoms with Gasteiger partial charge in [-0.2, -0.15) is 0 Å². The quantitative estimate of drug-likeness (QED) is 0.811. The first-order valence-corrected chi connectivity index (χ1v) is 9.05. The van der Waals surface area contributed by atoms with E-state index in [4.69, 9.17) is 0 Å². The molecule has 1 saturated carbocycles. The molecule has 18 heavy (non-hydrogen) atoms. The molecule has 108 valence electrons. The number of hydrogen-bond acceptors (Lipinski definition) is 3. The van der Waals surface area contributed by atoms with Gasteiger partial charge in [0.15, 0.2) is 9.84 Å². The Morgan fingerprint density at radius 3 is 2.22 bits per heavy atom. The molecule has 1 unspecified atom stereocenters. The van der Waals surface area contributed by atoms with E-state index in [0.717, 1.165) is 18.8 Å². The Hall–Kier alpha value is -0.0900. The third-order valence-corrected chi connectivity index (χ3v) is 6.93. The van der Waals surface area contributed by atoms with Gasteiger partial charge in [0, 0.05) is 12.3 Å². The predicted octanol–water partition coefficient (Wildman–Crippen LogP) is 2.76. The molecule has 1 N–H and O–H groups in total. The Labute approximate surface area is 113 Å². The van der Waals surface area contributed by atoms with Crippen LogP contribution in [0.3, 0.4) is 0 Å². The maximum absolute atomic E-state index is 11.9. The molecular formula is C14H29NO2S. The predicted molar refractivity (Wildman–Crippen MR) is 77.6 cm³/mol. The van der Waals surface area contributed by atoms with Crippen molar-refractivity contribution in [2.24, 2.45) is 5.92 Å². The molecule has 0 spiro atoms. The van der Waals surface area contributed by atoms with Crippen molar-refractivity contribution in [2.45, 2.75) is 69.6 Å². The highest BCUT2D eigenvalue weighted by molar-refractivity contribution is 7.92. The fourth-order valence-electron chi connectivity index (χ4n) is 2.98. The van der Waals surface area contributed by atoms with Crippen molar-refractivity contribution in [3.8, 4) is 0 Å². The minimum atomic E-state index is -3.03. The molecule has 1 aliphatic rings. The molecule has 1 fully saturated rings. The first kappa shape index (κ1) is 16.0. The molecular weight excluding hydrogens is 246 g/mol. The van der Waals surface area contributed by atoms with Crippen molar-refractivity contribution in [3.63, 3.8) is 0 Å². The maximum atomic E-state index is 11.9. The lowest BCUT2D eigenvalue weighted by molar-refractivity contribution is 0.301. The molecule has 0 heterocycles. The van der Waals surface area contributed by atoms with Crippen molar-refractivity contribution in [1.82, 2.24) is 5.32 Å². The van der Waals surface area contributed by atoms with Crippen LogP contribution >= 0.6 is 0 Å². The highest BCUT2D eigenvalue weighted by Crippen LogP contribution is 2.30. The number of rotatable bonds is 6. The topological polar surface area (TPSA) is 46.2 Å². The van der Waals surface area contributed by atoms with Gasteiger partial charge in [0.05, 0.1) is 4.75 Å². The van der Waals surface area contributed by atoms with Gasteiger partial charge in [0.2, 0.25) is 0 Å². The van der Waals surface area contributed by atoms with Gasteiger partial charge in [0.1, 0.15) is 0 Å². The van der Waals surface area contributed by atoms with Crippen LogP contribution in [0.2, 0.25) is 0 Å². The minimum Gasteiger partial charge on any atom is -0.315 e. The molecule has 0 aromatic carbocycles. The Kier molecular flexibility index (Phi) is 5.66. The van der Waals surface area contributed by atoms with E-state index in [1.54, 1.807) is 0 Å². The molecule has 0 aromatic heterocycles. The Bertz CT molecular complexity index is 343. The summed E-state index contributed by atoms with van der Waals surface area (Å²) in [6.07, 6.45) is 10.2. The van der Waals surface area contributed by atoms with Crippen LogP contribution in [0.4, 0.5) is 0 Å². The molecule has 0 aromatic rings. The summed E-state index contributed by atoms with van der Waals surface area (Å²) < 4.78 is 23.0. The summed E-state index contributed by atoms with van der Waals surface area (Å²) in [5.41, 5.74) is 0. The van der Waals surface area contributed by atoms with Gasteiger partial charge in [-0.15, -0.1) is 0 Å². The largest absolute Gasteiger partial charge is 0.315 e. The van der Waals surface area contributed by atoms with Crippen LogP contribution in [0.25, 0.3) is 0 Å². The zero-order valence-corrected chi connectivity index (χ0v) is 13.1. The van der Waals surface area contributed by atoms with Gasteiger partial charge in [-0.25, -0.2) is 8.42 Å². The summed E-state index contributed by atoms with van der Waals surface area (Å²) >= 11 is 0. The Morgan fingerprint density at radius 1 is 1.22 bits per heavy atom. The normalized spacial score (nSPS) is 20.9. The number of hydrogen-bond donors (Lipinski definition) is 1. The fourth-order valence-corrected chi connectivity index (χ4v) is 3.73. The summed E-state index contributed by atoms with van der Waals surface area (Å²) in [6.45, 7) is 3.68. The highest BCUT2D eigenvalue weighted by atomic mass is 32.2. The average Bonchev–Trinajstić information content (AvgIpc) is 2.29. The fraction of sp³-hybridized carbons (Fsp3) is 1.00. The molecule has 1 atom stereocenters. The molecule has 3 nitrogen and oxygen atoms in total. The zero-order valence-electron chi connectivity index (χ0n) is 12.3. The van der Waals surface area contributed by atoms with E-state index >= 15 is 0 Å². The van der Waals surface area contributed by atoms with Crippen LogP contribution in [-0.2, 0) is 9.84 Å². The lowest BCUT2D eigenvalue weighted by Crippen LogP contribution is -2.50. The van der Waals surface area contributed by atoms with Crippen LogP contribution in [0.1, 0.15) is 58.8 Å². The molecule has 1 aliphatic carbocycles. The molecule has 0 bridgehead atoms. The summed E-state index contributed by atoms with van der Waals surface area (Å²) in [6, 6.07) is 0.0504. The van der Waals surface area contributed by atoms with Crippen LogP contribution in [0.5, 0.6) is 0 Å². The van der Waals surface area contributed by atoms with Crippen LogP contribution in [-0.4, -0.2) is 32.5 Å². The molecule has 0 saturated heterocycles. The van der Waals surface area contributed by atoms with E-state index in [1.165, 1.54) is 38.4 Å². The van der Waals surface area contributed by atoms with Gasteiger partial charge in [0.25, 0.3) is 0 Å². The van der Waals surface area contributed by atoms with E-state index < -0.39 is 14.6 Å². The lowest BCUT2D eigenvalue weighted by atomic mass is 9.84. The van der Waals surface area contributed by atoms with Crippen molar-refractivity contribution in [3.05, 3.63) is 0 Å². The van der Waals surface area contributed by atoms with E-state index in [1.807, 2.05) is 20.9 Å². The molecule has 0 radical (unpaired) electrons. The van der Waals surface area contributed by atoms with Crippen molar-refractivity contribution >= 4 is 9.84 Å². The van der Waals surface area contributed by atoms with E-state index in [2.05, 4.69) is 5.32 Å². The van der Waals surface area contributed by atoms with Crippen LogP contribution in [0.15, 0.2) is 0 Å². The standard InChI is InChI=1S/C14H29NO2S/c1-14(2,18(4,16)17)13(15-3)11-10-12-8-6-5-7-9-12/h12-13,15H,5-11H2,1-4H3. The van der Waals surface area contributed by atoms with E-state index in [-0.39, 0.29) is 6.04 Å². The average molecular weight is 275 g/mol. The number of sulfone groups is 1. The summed E-state index contributed by atoms with van der Waals surface area (Å²) in [4.78, 5) is 0. The molecule has 1 rings (SSSR count). The van der Waals surface area contributed by atoms with Gasteiger partial charge in [-0.3, -0.25) is 0 Å². The second-order valence-corrected chi connectivity index (χ2v) is 8.89. The van der Waals surface area contributed by atoms with Gasteiger partial charge < -0.3 is 5.32 Å². The zero-order chi connectivity index (χ0) is 13.8. The third-order valence-electron chi connectivity index (χ3n) is 4.73. The van der Waals surface area contributed by atoms with Gasteiger partial charge >= 0.3 is 0 Å². The lowest BCUT2D eigenvalue weighted by Gasteiger charge is -2.34. The van der Waals surface area contributed by atoms with Crippen LogP contribution in [0, 0.1) is 5.92 Å². The van der Waals surface area contributed by atoms with Crippen molar-refractivity contribution in [1.29, 1.82) is 0 Å². The van der Waals surface area contributed by atoms with Crippen LogP contribution < -0.4 is 5.32 Å².